The lowest BCUT2D eigenvalue weighted by Gasteiger charge is -2.13. The Hall–Kier alpha value is -2.34. The van der Waals surface area contributed by atoms with Gasteiger partial charge in [0.25, 0.3) is 5.19 Å². The molecule has 0 aliphatic heterocycles. The maximum absolute atomic E-state index is 5.78. The first-order valence-electron chi connectivity index (χ1n) is 9.05. The Morgan fingerprint density at radius 3 is 2.63 bits per heavy atom. The average molecular weight is 389 g/mol. The molecule has 0 saturated carbocycles. The zero-order valence-electron chi connectivity index (χ0n) is 16.7. The van der Waals surface area contributed by atoms with Crippen molar-refractivity contribution in [3.8, 4) is 10.9 Å². The topological polar surface area (TPSA) is 52.9 Å². The molecule has 0 amide bonds. The molecule has 1 aromatic heterocycles. The van der Waals surface area contributed by atoms with Gasteiger partial charge in [-0.15, -0.1) is 0 Å². The van der Waals surface area contributed by atoms with Crippen molar-refractivity contribution in [1.82, 2.24) is 4.98 Å². The number of benzene rings is 1. The van der Waals surface area contributed by atoms with Gasteiger partial charge < -0.3 is 14.3 Å². The summed E-state index contributed by atoms with van der Waals surface area (Å²) in [6.07, 6.45) is 5.89. The molecule has 27 heavy (non-hydrogen) atoms. The van der Waals surface area contributed by atoms with E-state index in [1.54, 1.807) is 0 Å². The molecule has 5 nitrogen and oxygen atoms in total. The van der Waals surface area contributed by atoms with Crippen LogP contribution in [0.25, 0.3) is 0 Å². The van der Waals surface area contributed by atoms with Crippen LogP contribution >= 0.6 is 11.3 Å². The molecule has 1 heterocycles. The van der Waals surface area contributed by atoms with Gasteiger partial charge in [-0.1, -0.05) is 28.6 Å². The van der Waals surface area contributed by atoms with Crippen molar-refractivity contribution in [3.05, 3.63) is 52.0 Å². The van der Waals surface area contributed by atoms with Crippen LogP contribution in [0.15, 0.2) is 34.8 Å². The fraction of sp³-hybridized carbons (Fsp3) is 0.429. The summed E-state index contributed by atoms with van der Waals surface area (Å²) >= 11 is 1.48. The summed E-state index contributed by atoms with van der Waals surface area (Å²) in [6, 6.07) is 4.22. The van der Waals surface area contributed by atoms with Crippen LogP contribution in [0, 0.1) is 13.8 Å². The Balaban J connectivity index is 1.85. The highest BCUT2D eigenvalue weighted by molar-refractivity contribution is 7.11. The number of hydrogen-bond donors (Lipinski definition) is 0. The second kappa shape index (κ2) is 10.7. The third-order valence-electron chi connectivity index (χ3n) is 4.13. The number of ether oxygens (including phenoxy) is 2. The Kier molecular flexibility index (Phi) is 8.33. The van der Waals surface area contributed by atoms with Crippen molar-refractivity contribution in [1.29, 1.82) is 0 Å². The van der Waals surface area contributed by atoms with E-state index in [4.69, 9.17) is 14.3 Å². The van der Waals surface area contributed by atoms with Gasteiger partial charge in [-0.25, -0.2) is 4.98 Å². The summed E-state index contributed by atoms with van der Waals surface area (Å²) in [7, 11) is 1.53. The molecule has 0 radical (unpaired) electrons. The van der Waals surface area contributed by atoms with E-state index >= 15 is 0 Å². The molecule has 0 saturated heterocycles. The number of rotatable bonds is 10. The van der Waals surface area contributed by atoms with Gasteiger partial charge in [0.05, 0.1) is 6.61 Å². The van der Waals surface area contributed by atoms with E-state index in [1.165, 1.54) is 35.1 Å². The van der Waals surface area contributed by atoms with Gasteiger partial charge in [0.2, 0.25) is 0 Å². The Labute approximate surface area is 165 Å². The fourth-order valence-electron chi connectivity index (χ4n) is 2.75. The zero-order valence-corrected chi connectivity index (χ0v) is 17.6. The molecular formula is C21H28N2O3S. The summed E-state index contributed by atoms with van der Waals surface area (Å²) in [5.41, 5.74) is 5.41. The minimum atomic E-state index is 0.604. The van der Waals surface area contributed by atoms with Crippen LogP contribution in [0.1, 0.15) is 42.7 Å². The quantitative estimate of drug-likeness (QED) is 0.246. The number of aryl methyl sites for hydroxylation is 2. The summed E-state index contributed by atoms with van der Waals surface area (Å²) in [5.74, 6) is 0.923. The third-order valence-corrected chi connectivity index (χ3v) is 4.88. The fourth-order valence-corrected chi connectivity index (χ4v) is 3.49. The van der Waals surface area contributed by atoms with Crippen LogP contribution in [0.5, 0.6) is 10.9 Å². The lowest BCUT2D eigenvalue weighted by molar-refractivity contribution is 0.213. The zero-order chi connectivity index (χ0) is 19.6. The van der Waals surface area contributed by atoms with E-state index < -0.39 is 0 Å². The van der Waals surface area contributed by atoms with Crippen molar-refractivity contribution in [3.63, 3.8) is 0 Å². The van der Waals surface area contributed by atoms with E-state index in [2.05, 4.69) is 36.1 Å². The number of nitrogens with zero attached hydrogens (tertiary/aromatic N) is 2. The molecule has 1 aromatic carbocycles. The van der Waals surface area contributed by atoms with Crippen molar-refractivity contribution < 1.29 is 14.3 Å². The number of aromatic nitrogens is 1. The Morgan fingerprint density at radius 1 is 1.22 bits per heavy atom. The predicted octanol–water partition coefficient (Wildman–Crippen LogP) is 5.10. The predicted molar refractivity (Wildman–Crippen MR) is 111 cm³/mol. The second-order valence-electron chi connectivity index (χ2n) is 6.23. The summed E-state index contributed by atoms with van der Waals surface area (Å²) < 4.78 is 11.5. The maximum Gasteiger partial charge on any atom is 0.273 e. The molecular weight excluding hydrogens is 360 g/mol. The van der Waals surface area contributed by atoms with Gasteiger partial charge in [-0.05, 0) is 69.4 Å². The molecule has 0 bridgehead atoms. The molecule has 0 atom stereocenters. The molecule has 2 aromatic rings. The molecule has 0 fully saturated rings. The highest BCUT2D eigenvalue weighted by Gasteiger charge is 2.08. The molecule has 146 valence electrons. The molecule has 6 heteroatoms. The van der Waals surface area contributed by atoms with Gasteiger partial charge in [0.1, 0.15) is 30.9 Å². The standard InChI is InChI=1S/C21H28N2O3S/c1-6-7-10-25-18-12-15(2)19(16(3)13-18)9-8-11-26-21-22-20(14-27-21)17(4)23-24-5/h6-7,12-14H,8-11H2,1-5H3/b7-6+,23-17+. The summed E-state index contributed by atoms with van der Waals surface area (Å²) in [4.78, 5) is 9.19. The van der Waals surface area contributed by atoms with Crippen molar-refractivity contribution in [2.75, 3.05) is 20.3 Å². The van der Waals surface area contributed by atoms with Gasteiger partial charge >= 0.3 is 0 Å². The van der Waals surface area contributed by atoms with E-state index in [1.807, 2.05) is 31.4 Å². The minimum Gasteiger partial charge on any atom is -0.490 e. The van der Waals surface area contributed by atoms with Gasteiger partial charge in [-0.3, -0.25) is 0 Å². The first-order valence-corrected chi connectivity index (χ1v) is 9.93. The first kappa shape index (κ1) is 21.0. The van der Waals surface area contributed by atoms with Gasteiger partial charge in [0.15, 0.2) is 0 Å². The summed E-state index contributed by atoms with van der Waals surface area (Å²) in [5, 5.41) is 6.47. The third kappa shape index (κ3) is 6.40. The Morgan fingerprint density at radius 2 is 1.96 bits per heavy atom. The number of thiazole rings is 1. The molecule has 0 unspecified atom stereocenters. The Bertz CT molecular complexity index is 773. The lowest BCUT2D eigenvalue weighted by Crippen LogP contribution is -2.03. The molecule has 2 rings (SSSR count). The highest BCUT2D eigenvalue weighted by atomic mass is 32.1. The SMILES string of the molecule is C/C=C/COc1cc(C)c(CCCOc2nc(/C(C)=N/OC)cs2)c(C)c1. The summed E-state index contributed by atoms with van der Waals surface area (Å²) in [6.45, 7) is 9.36. The van der Waals surface area contributed by atoms with Crippen molar-refractivity contribution in [2.45, 2.75) is 40.5 Å². The smallest absolute Gasteiger partial charge is 0.273 e. The average Bonchev–Trinajstić information content (AvgIpc) is 3.10. The largest absolute Gasteiger partial charge is 0.490 e. The van der Waals surface area contributed by atoms with E-state index in [-0.39, 0.29) is 0 Å². The molecule has 0 N–H and O–H groups in total. The van der Waals surface area contributed by atoms with Crippen molar-refractivity contribution >= 4 is 17.0 Å². The maximum atomic E-state index is 5.78. The molecule has 0 aliphatic carbocycles. The monoisotopic (exact) mass is 388 g/mol. The van der Waals surface area contributed by atoms with Crippen LogP contribution in [0.2, 0.25) is 0 Å². The number of hydrogen-bond acceptors (Lipinski definition) is 6. The number of oxime groups is 1. The van der Waals surface area contributed by atoms with Crippen LogP contribution in [-0.4, -0.2) is 31.0 Å². The van der Waals surface area contributed by atoms with Gasteiger partial charge in [-0.2, -0.15) is 0 Å². The highest BCUT2D eigenvalue weighted by Crippen LogP contribution is 2.24. The van der Waals surface area contributed by atoms with E-state index in [0.29, 0.717) is 18.4 Å². The molecule has 0 spiro atoms. The van der Waals surface area contributed by atoms with Crippen molar-refractivity contribution in [2.24, 2.45) is 5.16 Å². The van der Waals surface area contributed by atoms with Crippen LogP contribution < -0.4 is 9.47 Å². The lowest BCUT2D eigenvalue weighted by atomic mass is 9.98. The van der Waals surface area contributed by atoms with Gasteiger partial charge in [0, 0.05) is 5.38 Å². The van der Waals surface area contributed by atoms with E-state index in [0.717, 1.165) is 30.0 Å². The number of allylic oxidation sites excluding steroid dienone is 1. The van der Waals surface area contributed by atoms with Crippen LogP contribution in [0.4, 0.5) is 0 Å². The second-order valence-corrected chi connectivity index (χ2v) is 7.05. The normalized spacial score (nSPS) is 11.8. The first-order chi connectivity index (χ1) is 13.0. The van der Waals surface area contributed by atoms with E-state index in [9.17, 15) is 0 Å². The van der Waals surface area contributed by atoms with Crippen LogP contribution in [-0.2, 0) is 11.3 Å². The van der Waals surface area contributed by atoms with Crippen LogP contribution in [0.3, 0.4) is 0 Å². The minimum absolute atomic E-state index is 0.604. The molecule has 0 aliphatic rings.